The Bertz CT molecular complexity index is 424. The molecule has 2 amide bonds. The van der Waals surface area contributed by atoms with Gasteiger partial charge in [-0.1, -0.05) is 17.7 Å². The fourth-order valence-electron chi connectivity index (χ4n) is 2.10. The first kappa shape index (κ1) is 12.2. The van der Waals surface area contributed by atoms with Gasteiger partial charge in [-0.05, 0) is 31.2 Å². The van der Waals surface area contributed by atoms with Crippen LogP contribution in [0.4, 0.5) is 10.5 Å². The molecule has 5 heteroatoms. The van der Waals surface area contributed by atoms with Crippen LogP contribution in [0.25, 0.3) is 0 Å². The lowest BCUT2D eigenvalue weighted by molar-refractivity contribution is 0.217. The van der Waals surface area contributed by atoms with Gasteiger partial charge in [0.25, 0.3) is 0 Å². The maximum atomic E-state index is 12.1. The van der Waals surface area contributed by atoms with Gasteiger partial charge in [0.2, 0.25) is 0 Å². The van der Waals surface area contributed by atoms with E-state index in [9.17, 15) is 4.79 Å². The van der Waals surface area contributed by atoms with E-state index < -0.39 is 0 Å². The van der Waals surface area contributed by atoms with Gasteiger partial charge in [-0.2, -0.15) is 0 Å². The van der Waals surface area contributed by atoms with Crippen molar-refractivity contribution in [2.75, 3.05) is 25.0 Å². The molecule has 0 aromatic heterocycles. The number of rotatable bonds is 3. The minimum absolute atomic E-state index is 0.00529. The molecule has 2 rings (SSSR count). The Morgan fingerprint density at radius 1 is 1.53 bits per heavy atom. The number of hydrogen-bond acceptors (Lipinski definition) is 2. The second-order valence-corrected chi connectivity index (χ2v) is 4.65. The Kier molecular flexibility index (Phi) is 3.54. The Hall–Kier alpha value is -1.26. The molecule has 0 radical (unpaired) electrons. The first-order chi connectivity index (χ1) is 8.13. The predicted octanol–water partition coefficient (Wildman–Crippen LogP) is 1.93. The summed E-state index contributed by atoms with van der Waals surface area (Å²) in [7, 11) is 1.81. The van der Waals surface area contributed by atoms with Crippen molar-refractivity contribution in [1.82, 2.24) is 4.90 Å². The highest BCUT2D eigenvalue weighted by molar-refractivity contribution is 6.30. The molecule has 1 saturated heterocycles. The highest BCUT2D eigenvalue weighted by Crippen LogP contribution is 2.26. The molecular formula is C12H16ClN3O. The van der Waals surface area contributed by atoms with Gasteiger partial charge in [-0.25, -0.2) is 4.79 Å². The zero-order valence-corrected chi connectivity index (χ0v) is 10.5. The van der Waals surface area contributed by atoms with Gasteiger partial charge in [-0.3, -0.25) is 4.90 Å². The third-order valence-electron chi connectivity index (χ3n) is 3.09. The summed E-state index contributed by atoms with van der Waals surface area (Å²) in [6.45, 7) is 1.26. The van der Waals surface area contributed by atoms with Crippen LogP contribution in [0.1, 0.15) is 6.42 Å². The van der Waals surface area contributed by atoms with Crippen LogP contribution in [0.2, 0.25) is 5.02 Å². The first-order valence-electron chi connectivity index (χ1n) is 5.63. The summed E-state index contributed by atoms with van der Waals surface area (Å²) in [5.41, 5.74) is 6.39. The summed E-state index contributed by atoms with van der Waals surface area (Å²) >= 11 is 5.93. The number of halogens is 1. The maximum Gasteiger partial charge on any atom is 0.324 e. The van der Waals surface area contributed by atoms with E-state index in [-0.39, 0.29) is 12.1 Å². The van der Waals surface area contributed by atoms with E-state index in [2.05, 4.69) is 0 Å². The zero-order valence-electron chi connectivity index (χ0n) is 9.77. The standard InChI is InChI=1S/C12H16ClN3O/c1-15-11(5-6-14)8-16(12(15)17)10-4-2-3-9(13)7-10/h2-4,7,11H,5-6,8,14H2,1H3. The molecule has 1 aromatic carbocycles. The van der Waals surface area contributed by atoms with E-state index in [1.165, 1.54) is 0 Å². The van der Waals surface area contributed by atoms with E-state index in [1.807, 2.05) is 19.2 Å². The normalized spacial score (nSPS) is 20.2. The summed E-state index contributed by atoms with van der Waals surface area (Å²) < 4.78 is 0. The number of carbonyl (C=O) groups excluding carboxylic acids is 1. The second-order valence-electron chi connectivity index (χ2n) is 4.22. The lowest BCUT2D eigenvalue weighted by atomic mass is 10.2. The Morgan fingerprint density at radius 3 is 2.94 bits per heavy atom. The van der Waals surface area contributed by atoms with Crippen molar-refractivity contribution < 1.29 is 4.79 Å². The molecule has 1 aliphatic heterocycles. The molecule has 1 aliphatic rings. The molecule has 1 heterocycles. The van der Waals surface area contributed by atoms with Gasteiger partial charge in [0.15, 0.2) is 0 Å². The van der Waals surface area contributed by atoms with Crippen LogP contribution < -0.4 is 10.6 Å². The van der Waals surface area contributed by atoms with Gasteiger partial charge < -0.3 is 10.6 Å². The molecule has 2 N–H and O–H groups in total. The van der Waals surface area contributed by atoms with Crippen molar-refractivity contribution in [3.8, 4) is 0 Å². The minimum atomic E-state index is 0.00529. The van der Waals surface area contributed by atoms with Crippen molar-refractivity contribution in [3.05, 3.63) is 29.3 Å². The fourth-order valence-corrected chi connectivity index (χ4v) is 2.28. The highest BCUT2D eigenvalue weighted by Gasteiger charge is 2.34. The highest BCUT2D eigenvalue weighted by atomic mass is 35.5. The third kappa shape index (κ3) is 2.37. The molecule has 0 spiro atoms. The Balaban J connectivity index is 2.20. The van der Waals surface area contributed by atoms with Crippen LogP contribution in [0, 0.1) is 0 Å². The van der Waals surface area contributed by atoms with Gasteiger partial charge in [0.05, 0.1) is 6.04 Å². The summed E-state index contributed by atoms with van der Waals surface area (Å²) in [6.07, 6.45) is 0.819. The number of likely N-dealkylation sites (N-methyl/N-ethyl adjacent to an activating group) is 1. The van der Waals surface area contributed by atoms with Crippen LogP contribution in [-0.4, -0.2) is 37.1 Å². The van der Waals surface area contributed by atoms with Gasteiger partial charge >= 0.3 is 6.03 Å². The summed E-state index contributed by atoms with van der Waals surface area (Å²) in [5, 5.41) is 0.639. The number of carbonyl (C=O) groups is 1. The van der Waals surface area contributed by atoms with Crippen LogP contribution in [-0.2, 0) is 0 Å². The number of anilines is 1. The first-order valence-corrected chi connectivity index (χ1v) is 6.01. The maximum absolute atomic E-state index is 12.1. The summed E-state index contributed by atoms with van der Waals surface area (Å²) in [5.74, 6) is 0. The zero-order chi connectivity index (χ0) is 12.4. The molecule has 0 bridgehead atoms. The van der Waals surface area contributed by atoms with Gasteiger partial charge in [-0.15, -0.1) is 0 Å². The SMILES string of the molecule is CN1C(=O)N(c2cccc(Cl)c2)CC1CCN. The molecule has 92 valence electrons. The Labute approximate surface area is 106 Å². The smallest absolute Gasteiger partial charge is 0.324 e. The minimum Gasteiger partial charge on any atom is -0.330 e. The molecule has 1 aromatic rings. The van der Waals surface area contributed by atoms with Gasteiger partial charge in [0.1, 0.15) is 0 Å². The monoisotopic (exact) mass is 253 g/mol. The number of nitrogens with zero attached hydrogens (tertiary/aromatic N) is 2. The van der Waals surface area contributed by atoms with Crippen molar-refractivity contribution in [3.63, 3.8) is 0 Å². The fraction of sp³-hybridized carbons (Fsp3) is 0.417. The van der Waals surface area contributed by atoms with Crippen LogP contribution >= 0.6 is 11.6 Å². The largest absolute Gasteiger partial charge is 0.330 e. The summed E-state index contributed by atoms with van der Waals surface area (Å²) in [6, 6.07) is 7.53. The van der Waals surface area contributed by atoms with E-state index in [0.717, 1.165) is 12.1 Å². The number of benzene rings is 1. The second kappa shape index (κ2) is 4.94. The van der Waals surface area contributed by atoms with E-state index >= 15 is 0 Å². The average molecular weight is 254 g/mol. The van der Waals surface area contributed by atoms with Crippen molar-refractivity contribution in [1.29, 1.82) is 0 Å². The number of urea groups is 1. The average Bonchev–Trinajstić information content (AvgIpc) is 2.58. The van der Waals surface area contributed by atoms with E-state index in [4.69, 9.17) is 17.3 Å². The lowest BCUT2D eigenvalue weighted by Crippen LogP contribution is -2.32. The predicted molar refractivity (Wildman–Crippen MR) is 69.4 cm³/mol. The molecule has 1 fully saturated rings. The van der Waals surface area contributed by atoms with Crippen molar-refractivity contribution in [2.24, 2.45) is 5.73 Å². The summed E-state index contributed by atoms with van der Waals surface area (Å²) in [4.78, 5) is 15.6. The molecular weight excluding hydrogens is 238 g/mol. The van der Waals surface area contributed by atoms with E-state index in [0.29, 0.717) is 18.1 Å². The van der Waals surface area contributed by atoms with Crippen LogP contribution in [0.15, 0.2) is 24.3 Å². The molecule has 17 heavy (non-hydrogen) atoms. The molecule has 1 atom stereocenters. The number of amides is 2. The third-order valence-corrected chi connectivity index (χ3v) is 3.33. The van der Waals surface area contributed by atoms with Crippen LogP contribution in [0.3, 0.4) is 0 Å². The molecule has 1 unspecified atom stereocenters. The Morgan fingerprint density at radius 2 is 2.29 bits per heavy atom. The quantitative estimate of drug-likeness (QED) is 0.895. The lowest BCUT2D eigenvalue weighted by Gasteiger charge is -2.16. The molecule has 0 saturated carbocycles. The van der Waals surface area contributed by atoms with E-state index in [1.54, 1.807) is 21.9 Å². The number of nitrogens with two attached hydrogens (primary N) is 1. The van der Waals surface area contributed by atoms with Crippen LogP contribution in [0.5, 0.6) is 0 Å². The van der Waals surface area contributed by atoms with Gasteiger partial charge in [0, 0.05) is 24.3 Å². The van der Waals surface area contributed by atoms with Crippen molar-refractivity contribution in [2.45, 2.75) is 12.5 Å². The molecule has 4 nitrogen and oxygen atoms in total. The molecule has 0 aliphatic carbocycles. The van der Waals surface area contributed by atoms with Crippen molar-refractivity contribution >= 4 is 23.3 Å². The topological polar surface area (TPSA) is 49.6 Å². The number of hydrogen-bond donors (Lipinski definition) is 1.